The number of aliphatic hydroxyl groups excluding tert-OH is 1. The molecule has 3 aliphatic rings. The molecule has 0 radical (unpaired) electrons. The Hall–Kier alpha value is -4.06. The summed E-state index contributed by atoms with van der Waals surface area (Å²) in [5, 5.41) is 26.0. The van der Waals surface area contributed by atoms with Crippen LogP contribution in [0.2, 0.25) is 18.6 Å². The standard InChI is InChI=1S/C33H37N3O7Si/c1-20-31(44(3,4)26-12-10-25(42-2)11-13-26)29(17-30(38)35-18-22-8-6-5-7-21(22)15-24(35)19-37)43-33(20)27-16-23(36(40)41)9-14-28(27)34-32(33)39/h5-14,16,20,24,29,31,37H,15,17-19H2,1-4H3,(H,34,39)/t20-,24-,29+,31-,33+/m0/s1. The van der Waals surface area contributed by atoms with Crippen molar-refractivity contribution in [3.05, 3.63) is 93.5 Å². The molecule has 3 aromatic rings. The number of amides is 2. The maximum atomic E-state index is 14.2. The number of aliphatic hydroxyl groups is 1. The zero-order valence-electron chi connectivity index (χ0n) is 25.3. The molecule has 2 amide bonds. The quantitative estimate of drug-likeness (QED) is 0.232. The highest BCUT2D eigenvalue weighted by Gasteiger charge is 2.65. The van der Waals surface area contributed by atoms with E-state index in [1.165, 1.54) is 12.1 Å². The summed E-state index contributed by atoms with van der Waals surface area (Å²) < 4.78 is 12.2. The predicted molar refractivity (Wildman–Crippen MR) is 167 cm³/mol. The fourth-order valence-electron chi connectivity index (χ4n) is 7.77. The molecule has 44 heavy (non-hydrogen) atoms. The smallest absolute Gasteiger partial charge is 0.269 e. The summed E-state index contributed by atoms with van der Waals surface area (Å²) in [5.41, 5.74) is 1.25. The molecule has 11 heteroatoms. The molecule has 0 unspecified atom stereocenters. The van der Waals surface area contributed by atoms with Crippen LogP contribution in [-0.2, 0) is 32.9 Å². The van der Waals surface area contributed by atoms with E-state index >= 15 is 0 Å². The number of nitro groups is 1. The van der Waals surface area contributed by atoms with Crippen LogP contribution in [0.25, 0.3) is 0 Å². The van der Waals surface area contributed by atoms with Crippen molar-refractivity contribution in [2.45, 2.75) is 62.7 Å². The maximum Gasteiger partial charge on any atom is 0.269 e. The van der Waals surface area contributed by atoms with Crippen LogP contribution < -0.4 is 15.2 Å². The fourth-order valence-corrected chi connectivity index (χ4v) is 11.8. The zero-order valence-corrected chi connectivity index (χ0v) is 26.3. The summed E-state index contributed by atoms with van der Waals surface area (Å²) in [4.78, 5) is 41.0. The van der Waals surface area contributed by atoms with Gasteiger partial charge in [-0.2, -0.15) is 0 Å². The van der Waals surface area contributed by atoms with Gasteiger partial charge in [-0.25, -0.2) is 0 Å². The summed E-state index contributed by atoms with van der Waals surface area (Å²) in [6.07, 6.45) is -0.0764. The highest BCUT2D eigenvalue weighted by molar-refractivity contribution is 6.91. The van der Waals surface area contributed by atoms with E-state index in [0.717, 1.165) is 22.1 Å². The number of carbonyl (C=O) groups is 2. The van der Waals surface area contributed by atoms with Crippen molar-refractivity contribution in [1.82, 2.24) is 4.90 Å². The molecule has 3 heterocycles. The topological polar surface area (TPSA) is 131 Å². The van der Waals surface area contributed by atoms with Gasteiger partial charge in [0.15, 0.2) is 5.60 Å². The monoisotopic (exact) mass is 615 g/mol. The zero-order chi connectivity index (χ0) is 31.4. The largest absolute Gasteiger partial charge is 0.497 e. The number of hydrogen-bond donors (Lipinski definition) is 2. The normalized spacial score (nSPS) is 25.8. The van der Waals surface area contributed by atoms with Crippen LogP contribution >= 0.6 is 0 Å². The molecule has 0 saturated carbocycles. The molecule has 2 N–H and O–H groups in total. The fraction of sp³-hybridized carbons (Fsp3) is 0.394. The average molecular weight is 616 g/mol. The van der Waals surface area contributed by atoms with E-state index in [9.17, 15) is 24.8 Å². The molecule has 0 bridgehead atoms. The van der Waals surface area contributed by atoms with Crippen LogP contribution in [-0.4, -0.2) is 60.7 Å². The summed E-state index contributed by atoms with van der Waals surface area (Å²) in [7, 11) is -0.887. The maximum absolute atomic E-state index is 14.2. The van der Waals surface area contributed by atoms with Gasteiger partial charge in [0.1, 0.15) is 5.75 Å². The van der Waals surface area contributed by atoms with Crippen molar-refractivity contribution in [2.75, 3.05) is 19.0 Å². The molecule has 5 atom stereocenters. The summed E-state index contributed by atoms with van der Waals surface area (Å²) in [6, 6.07) is 19.8. The second kappa shape index (κ2) is 11.1. The number of fused-ring (bicyclic) bond motifs is 3. The molecule has 0 aliphatic carbocycles. The molecular formula is C33H37N3O7Si. The molecule has 0 aromatic heterocycles. The van der Waals surface area contributed by atoms with Gasteiger partial charge in [-0.1, -0.05) is 61.6 Å². The van der Waals surface area contributed by atoms with E-state index in [1.807, 2.05) is 55.5 Å². The number of rotatable bonds is 7. The van der Waals surface area contributed by atoms with Crippen LogP contribution in [0.15, 0.2) is 66.7 Å². The molecule has 230 valence electrons. The van der Waals surface area contributed by atoms with Crippen molar-refractivity contribution in [1.29, 1.82) is 0 Å². The first kappa shape index (κ1) is 30.0. The summed E-state index contributed by atoms with van der Waals surface area (Å²) in [6.45, 7) is 6.61. The molecule has 1 saturated heterocycles. The Kier molecular flexibility index (Phi) is 7.59. The average Bonchev–Trinajstić information content (AvgIpc) is 3.48. The number of anilines is 1. The van der Waals surface area contributed by atoms with E-state index in [4.69, 9.17) is 9.47 Å². The van der Waals surface area contributed by atoms with Crippen LogP contribution in [0.4, 0.5) is 11.4 Å². The Morgan fingerprint density at radius 1 is 1.16 bits per heavy atom. The third-order valence-electron chi connectivity index (χ3n) is 10.0. The minimum absolute atomic E-state index is 0.0134. The lowest BCUT2D eigenvalue weighted by Crippen LogP contribution is -2.52. The van der Waals surface area contributed by atoms with Gasteiger partial charge in [0.05, 0.1) is 45.3 Å². The van der Waals surface area contributed by atoms with Crippen LogP contribution in [0.1, 0.15) is 30.0 Å². The Morgan fingerprint density at radius 3 is 2.52 bits per heavy atom. The van der Waals surface area contributed by atoms with Gasteiger partial charge in [0, 0.05) is 35.8 Å². The van der Waals surface area contributed by atoms with Crippen LogP contribution in [0, 0.1) is 16.0 Å². The SMILES string of the molecule is COc1ccc([Si](C)(C)[C@@H]2[C@@H](CC(=O)N3Cc4ccccc4C[C@H]3CO)O[C@]3(C(=O)Nc4ccc([N+](=O)[O-])cc43)[C@H]2C)cc1. The van der Waals surface area contributed by atoms with Gasteiger partial charge in [-0.3, -0.25) is 19.7 Å². The van der Waals surface area contributed by atoms with E-state index < -0.39 is 30.6 Å². The minimum atomic E-state index is -2.50. The highest BCUT2D eigenvalue weighted by atomic mass is 28.3. The highest BCUT2D eigenvalue weighted by Crippen LogP contribution is 2.59. The van der Waals surface area contributed by atoms with E-state index in [1.54, 1.807) is 18.1 Å². The Morgan fingerprint density at radius 2 is 1.86 bits per heavy atom. The van der Waals surface area contributed by atoms with Gasteiger partial charge in [-0.15, -0.1) is 0 Å². The van der Waals surface area contributed by atoms with Gasteiger partial charge >= 0.3 is 0 Å². The predicted octanol–water partition coefficient (Wildman–Crippen LogP) is 4.11. The Labute approximate surface area is 257 Å². The number of nitro benzene ring substituents is 1. The van der Waals surface area contributed by atoms with Crippen molar-refractivity contribution in [2.24, 2.45) is 5.92 Å². The lowest BCUT2D eigenvalue weighted by atomic mass is 9.82. The lowest BCUT2D eigenvalue weighted by Gasteiger charge is -2.39. The van der Waals surface area contributed by atoms with Crippen LogP contribution in [0.3, 0.4) is 0 Å². The molecule has 3 aliphatic heterocycles. The van der Waals surface area contributed by atoms with Crippen molar-refractivity contribution in [3.8, 4) is 5.75 Å². The van der Waals surface area contributed by atoms with Gasteiger partial charge in [0.25, 0.3) is 11.6 Å². The molecule has 10 nitrogen and oxygen atoms in total. The van der Waals surface area contributed by atoms with E-state index in [2.05, 4.69) is 18.4 Å². The summed E-state index contributed by atoms with van der Waals surface area (Å²) in [5.74, 6) is -0.201. The number of carbonyl (C=O) groups excluding carboxylic acids is 2. The van der Waals surface area contributed by atoms with Gasteiger partial charge in [-0.05, 0) is 41.3 Å². The van der Waals surface area contributed by atoms with Crippen molar-refractivity contribution >= 4 is 36.4 Å². The minimum Gasteiger partial charge on any atom is -0.497 e. The number of hydrogen-bond acceptors (Lipinski definition) is 7. The third kappa shape index (κ3) is 4.70. The number of benzene rings is 3. The Balaban J connectivity index is 1.41. The van der Waals surface area contributed by atoms with E-state index in [0.29, 0.717) is 24.2 Å². The number of nitrogens with one attached hydrogen (secondary N) is 1. The number of ether oxygens (including phenoxy) is 2. The summed E-state index contributed by atoms with van der Waals surface area (Å²) >= 11 is 0. The van der Waals surface area contributed by atoms with Crippen molar-refractivity contribution in [3.63, 3.8) is 0 Å². The number of non-ortho nitro benzene ring substituents is 1. The van der Waals surface area contributed by atoms with Gasteiger partial charge < -0.3 is 24.8 Å². The lowest BCUT2D eigenvalue weighted by molar-refractivity contribution is -0.385. The molecule has 6 rings (SSSR count). The first-order valence-electron chi connectivity index (χ1n) is 14.9. The number of nitrogens with zero attached hydrogens (tertiary/aromatic N) is 2. The second-order valence-corrected chi connectivity index (χ2v) is 17.3. The van der Waals surface area contributed by atoms with Gasteiger partial charge in [0.2, 0.25) is 5.91 Å². The number of methoxy groups -OCH3 is 1. The first-order valence-corrected chi connectivity index (χ1v) is 18.0. The van der Waals surface area contributed by atoms with Crippen LogP contribution in [0.5, 0.6) is 5.75 Å². The molecule has 1 spiro atoms. The molecular weight excluding hydrogens is 578 g/mol. The Bertz CT molecular complexity index is 1630. The first-order chi connectivity index (χ1) is 21.0. The van der Waals surface area contributed by atoms with Crippen molar-refractivity contribution < 1.29 is 29.1 Å². The third-order valence-corrected chi connectivity index (χ3v) is 14.4. The van der Waals surface area contributed by atoms with E-state index in [-0.39, 0.29) is 42.1 Å². The second-order valence-electron chi connectivity index (χ2n) is 12.6. The molecule has 3 aromatic carbocycles. The molecule has 1 fully saturated rings.